The maximum absolute atomic E-state index is 10.6. The predicted molar refractivity (Wildman–Crippen MR) is 71.2 cm³/mol. The van der Waals surface area contributed by atoms with Crippen molar-refractivity contribution in [3.63, 3.8) is 0 Å². The second-order valence-corrected chi connectivity index (χ2v) is 5.56. The van der Waals surface area contributed by atoms with Crippen LogP contribution in [0.2, 0.25) is 5.02 Å². The highest BCUT2D eigenvalue weighted by Gasteiger charge is 2.25. The molecule has 2 rings (SSSR count). The van der Waals surface area contributed by atoms with Crippen molar-refractivity contribution < 1.29 is 9.90 Å². The Hall–Kier alpha value is -0.870. The molecule has 17 heavy (non-hydrogen) atoms. The fraction of sp³-hybridized carbons (Fsp3) is 0.417. The quantitative estimate of drug-likeness (QED) is 0.917. The Balaban J connectivity index is 2.17. The van der Waals surface area contributed by atoms with Gasteiger partial charge in [0.25, 0.3) is 0 Å². The number of carbonyl (C=O) groups is 1. The third-order valence-corrected chi connectivity index (χ3v) is 4.47. The summed E-state index contributed by atoms with van der Waals surface area (Å²) >= 11 is 7.94. The molecule has 0 spiro atoms. The van der Waals surface area contributed by atoms with E-state index in [-0.39, 0.29) is 12.5 Å². The highest BCUT2D eigenvalue weighted by Crippen LogP contribution is 2.41. The molecule has 0 aliphatic carbocycles. The van der Waals surface area contributed by atoms with Crippen LogP contribution < -0.4 is 4.90 Å². The van der Waals surface area contributed by atoms with Gasteiger partial charge >= 0.3 is 5.97 Å². The van der Waals surface area contributed by atoms with E-state index in [1.165, 1.54) is 4.90 Å². The van der Waals surface area contributed by atoms with E-state index in [1.54, 1.807) is 11.8 Å². The average Bonchev–Trinajstić information content (AvgIpc) is 2.28. The van der Waals surface area contributed by atoms with Crippen molar-refractivity contribution >= 4 is 35.0 Å². The van der Waals surface area contributed by atoms with E-state index < -0.39 is 5.97 Å². The minimum absolute atomic E-state index is 0.204. The molecule has 0 saturated carbocycles. The van der Waals surface area contributed by atoms with Gasteiger partial charge < -0.3 is 10.0 Å². The first-order chi connectivity index (χ1) is 8.09. The molecule has 1 aliphatic rings. The molecule has 3 nitrogen and oxygen atoms in total. The minimum Gasteiger partial charge on any atom is -0.481 e. The van der Waals surface area contributed by atoms with Gasteiger partial charge in [-0.05, 0) is 18.6 Å². The molecule has 1 N–H and O–H groups in total. The lowest BCUT2D eigenvalue weighted by atomic mass is 10.1. The minimum atomic E-state index is -0.742. The van der Waals surface area contributed by atoms with Gasteiger partial charge in [-0.25, -0.2) is 0 Å². The topological polar surface area (TPSA) is 40.5 Å². The zero-order chi connectivity index (χ0) is 12.4. The van der Waals surface area contributed by atoms with Gasteiger partial charge in [0.05, 0.1) is 10.7 Å². The second-order valence-electron chi connectivity index (χ2n) is 4.09. The van der Waals surface area contributed by atoms with E-state index in [9.17, 15) is 4.79 Å². The van der Waals surface area contributed by atoms with Crippen molar-refractivity contribution in [2.75, 3.05) is 17.7 Å². The van der Waals surface area contributed by atoms with Crippen molar-refractivity contribution in [3.05, 3.63) is 23.2 Å². The fourth-order valence-electron chi connectivity index (χ4n) is 2.00. The van der Waals surface area contributed by atoms with Crippen LogP contribution in [0.15, 0.2) is 23.1 Å². The van der Waals surface area contributed by atoms with Gasteiger partial charge in [0.15, 0.2) is 0 Å². The average molecular weight is 272 g/mol. The van der Waals surface area contributed by atoms with Gasteiger partial charge in [-0.3, -0.25) is 4.79 Å². The van der Waals surface area contributed by atoms with Gasteiger partial charge in [0.2, 0.25) is 0 Å². The lowest BCUT2D eigenvalue weighted by Crippen LogP contribution is -2.37. The third kappa shape index (κ3) is 2.69. The van der Waals surface area contributed by atoms with E-state index in [4.69, 9.17) is 16.7 Å². The monoisotopic (exact) mass is 271 g/mol. The lowest BCUT2D eigenvalue weighted by molar-refractivity contribution is -0.137. The van der Waals surface area contributed by atoms with Crippen LogP contribution >= 0.6 is 23.4 Å². The molecular weight excluding hydrogens is 258 g/mol. The maximum Gasteiger partial charge on any atom is 0.303 e. The van der Waals surface area contributed by atoms with Crippen molar-refractivity contribution in [2.24, 2.45) is 0 Å². The summed E-state index contributed by atoms with van der Waals surface area (Å²) in [5.74, 6) is 0.172. The first-order valence-corrected chi connectivity index (χ1v) is 6.82. The summed E-state index contributed by atoms with van der Waals surface area (Å²) < 4.78 is 0. The van der Waals surface area contributed by atoms with Crippen LogP contribution in [0.4, 0.5) is 5.69 Å². The normalized spacial score (nSPS) is 18.9. The van der Waals surface area contributed by atoms with Crippen molar-refractivity contribution in [1.82, 2.24) is 0 Å². The molecule has 1 aromatic carbocycles. The molecule has 0 fully saturated rings. The van der Waals surface area contributed by atoms with Crippen molar-refractivity contribution in [1.29, 1.82) is 0 Å². The van der Waals surface area contributed by atoms with E-state index >= 15 is 0 Å². The number of carboxylic acid groups (broad SMARTS) is 1. The molecule has 5 heteroatoms. The molecule has 1 aliphatic heterocycles. The Labute approximate surface area is 110 Å². The van der Waals surface area contributed by atoms with Gasteiger partial charge in [-0.1, -0.05) is 17.7 Å². The summed E-state index contributed by atoms with van der Waals surface area (Å²) in [5.41, 5.74) is 1.03. The Kier molecular flexibility index (Phi) is 3.84. The Morgan fingerprint density at radius 2 is 2.41 bits per heavy atom. The largest absolute Gasteiger partial charge is 0.481 e. The molecule has 1 heterocycles. The summed E-state index contributed by atoms with van der Waals surface area (Å²) in [6.07, 6.45) is 0.860. The lowest BCUT2D eigenvalue weighted by Gasteiger charge is -2.36. The van der Waals surface area contributed by atoms with Crippen LogP contribution in [0.25, 0.3) is 0 Å². The number of fused-ring (bicyclic) bond motifs is 1. The maximum atomic E-state index is 10.6. The van der Waals surface area contributed by atoms with E-state index in [0.29, 0.717) is 6.42 Å². The zero-order valence-electron chi connectivity index (χ0n) is 9.52. The molecular formula is C12H14ClNO2S. The SMILES string of the molecule is CN1c2c(Cl)cccc2SCC1CCC(=O)O. The molecule has 0 radical (unpaired) electrons. The Bertz CT molecular complexity index is 439. The summed E-state index contributed by atoms with van der Waals surface area (Å²) in [6, 6.07) is 6.11. The van der Waals surface area contributed by atoms with E-state index in [2.05, 4.69) is 11.0 Å². The molecule has 0 aromatic heterocycles. The van der Waals surface area contributed by atoms with E-state index in [1.807, 2.05) is 19.2 Å². The number of carboxylic acids is 1. The molecule has 92 valence electrons. The number of hydrogen-bond acceptors (Lipinski definition) is 3. The Morgan fingerprint density at radius 3 is 3.12 bits per heavy atom. The van der Waals surface area contributed by atoms with Gasteiger partial charge in [0, 0.05) is 30.2 Å². The summed E-state index contributed by atoms with van der Waals surface area (Å²) in [4.78, 5) is 13.9. The standard InChI is InChI=1S/C12H14ClNO2S/c1-14-8(5-6-11(15)16)7-17-10-4-2-3-9(13)12(10)14/h2-4,8H,5-7H2,1H3,(H,15,16). The Morgan fingerprint density at radius 1 is 1.65 bits per heavy atom. The van der Waals surface area contributed by atoms with Crippen molar-refractivity contribution in [3.8, 4) is 0 Å². The highest BCUT2D eigenvalue weighted by atomic mass is 35.5. The summed E-state index contributed by atoms with van der Waals surface area (Å²) in [7, 11) is 1.98. The summed E-state index contributed by atoms with van der Waals surface area (Å²) in [5, 5.41) is 9.46. The predicted octanol–water partition coefficient (Wildman–Crippen LogP) is 3.12. The third-order valence-electron chi connectivity index (χ3n) is 2.97. The van der Waals surface area contributed by atoms with Crippen LogP contribution in [-0.2, 0) is 4.79 Å². The molecule has 1 unspecified atom stereocenters. The first kappa shape index (κ1) is 12.6. The highest BCUT2D eigenvalue weighted by molar-refractivity contribution is 7.99. The number of halogens is 1. The number of anilines is 1. The van der Waals surface area contributed by atoms with Crippen LogP contribution in [-0.4, -0.2) is 29.9 Å². The number of hydrogen-bond donors (Lipinski definition) is 1. The number of para-hydroxylation sites is 1. The molecule has 1 atom stereocenters. The molecule has 0 saturated heterocycles. The second kappa shape index (κ2) is 5.19. The van der Waals surface area contributed by atoms with Gasteiger partial charge in [0.1, 0.15) is 0 Å². The molecule has 1 aromatic rings. The van der Waals surface area contributed by atoms with Crippen LogP contribution in [0.3, 0.4) is 0 Å². The molecule has 0 amide bonds. The summed E-state index contributed by atoms with van der Waals surface area (Å²) in [6.45, 7) is 0. The number of thioether (sulfide) groups is 1. The van der Waals surface area contributed by atoms with Gasteiger partial charge in [-0.15, -0.1) is 11.8 Å². The smallest absolute Gasteiger partial charge is 0.303 e. The number of rotatable bonds is 3. The molecule has 0 bridgehead atoms. The number of benzene rings is 1. The number of nitrogens with zero attached hydrogens (tertiary/aromatic N) is 1. The van der Waals surface area contributed by atoms with Crippen LogP contribution in [0, 0.1) is 0 Å². The van der Waals surface area contributed by atoms with Crippen LogP contribution in [0.5, 0.6) is 0 Å². The van der Waals surface area contributed by atoms with Crippen molar-refractivity contribution in [2.45, 2.75) is 23.8 Å². The zero-order valence-corrected chi connectivity index (χ0v) is 11.1. The fourth-order valence-corrected chi connectivity index (χ4v) is 3.69. The first-order valence-electron chi connectivity index (χ1n) is 5.45. The van der Waals surface area contributed by atoms with Gasteiger partial charge in [-0.2, -0.15) is 0 Å². The van der Waals surface area contributed by atoms with E-state index in [0.717, 1.165) is 16.5 Å². The number of aliphatic carboxylic acids is 1. The van der Waals surface area contributed by atoms with Crippen LogP contribution in [0.1, 0.15) is 12.8 Å².